The number of ether oxygens (including phenoxy) is 1. The molecule has 1 atom stereocenters. The maximum atomic E-state index is 11.2. The number of carbonyl (C=O) groups excluding carboxylic acids is 1. The van der Waals surface area contributed by atoms with Gasteiger partial charge < -0.3 is 10.5 Å². The van der Waals surface area contributed by atoms with E-state index in [2.05, 4.69) is 0 Å². The zero-order valence-electron chi connectivity index (χ0n) is 6.67. The summed E-state index contributed by atoms with van der Waals surface area (Å²) in [5, 5.41) is 0. The third-order valence-corrected chi connectivity index (χ3v) is 1.66. The third-order valence-electron chi connectivity index (χ3n) is 1.66. The van der Waals surface area contributed by atoms with Gasteiger partial charge in [-0.3, -0.25) is 4.79 Å². The number of hydrogen-bond donors (Lipinski definition) is 1. The van der Waals surface area contributed by atoms with Gasteiger partial charge in [-0.2, -0.15) is 0 Å². The van der Waals surface area contributed by atoms with E-state index in [0.29, 0.717) is 0 Å². The summed E-state index contributed by atoms with van der Waals surface area (Å²) in [6.45, 7) is 2.41. The van der Waals surface area contributed by atoms with Crippen LogP contribution in [0.2, 0.25) is 0 Å². The molecule has 0 saturated heterocycles. The Bertz CT molecular complexity index is 185. The molecule has 1 unspecified atom stereocenters. The molecule has 1 aliphatic heterocycles. The minimum Gasteiger partial charge on any atom is -0.501 e. The van der Waals surface area contributed by atoms with Gasteiger partial charge in [0.25, 0.3) is 0 Å². The second kappa shape index (κ2) is 3.53. The fraction of sp³-hybridized carbons (Fsp3) is 0.625. The van der Waals surface area contributed by atoms with Crippen LogP contribution in [0.5, 0.6) is 0 Å². The summed E-state index contributed by atoms with van der Waals surface area (Å²) in [6, 6.07) is -0.400. The molecule has 0 aromatic rings. The lowest BCUT2D eigenvalue weighted by molar-refractivity contribution is -0.116. The van der Waals surface area contributed by atoms with Crippen LogP contribution >= 0.6 is 0 Å². The summed E-state index contributed by atoms with van der Waals surface area (Å²) in [5.41, 5.74) is 6.15. The standard InChI is InChI=1S/C8H13NO2/c1-6(9)8(10)7-3-2-4-11-5-7/h5-6H,2-4,9H2,1H3. The quantitative estimate of drug-likeness (QED) is 0.635. The molecule has 1 heterocycles. The van der Waals surface area contributed by atoms with Gasteiger partial charge in [0.1, 0.15) is 0 Å². The van der Waals surface area contributed by atoms with Crippen molar-refractivity contribution in [3.8, 4) is 0 Å². The normalized spacial score (nSPS) is 20.0. The summed E-state index contributed by atoms with van der Waals surface area (Å²) >= 11 is 0. The van der Waals surface area contributed by atoms with Gasteiger partial charge in [-0.25, -0.2) is 0 Å². The van der Waals surface area contributed by atoms with E-state index < -0.39 is 6.04 Å². The largest absolute Gasteiger partial charge is 0.501 e. The van der Waals surface area contributed by atoms with Crippen molar-refractivity contribution in [1.29, 1.82) is 0 Å². The van der Waals surface area contributed by atoms with Crippen LogP contribution in [0.15, 0.2) is 11.8 Å². The van der Waals surface area contributed by atoms with Crippen molar-refractivity contribution < 1.29 is 9.53 Å². The molecule has 1 rings (SSSR count). The highest BCUT2D eigenvalue weighted by molar-refractivity contribution is 5.98. The number of ketones is 1. The first-order valence-electron chi connectivity index (χ1n) is 3.82. The zero-order chi connectivity index (χ0) is 8.27. The molecule has 0 radical (unpaired) electrons. The second-order valence-electron chi connectivity index (χ2n) is 2.77. The maximum absolute atomic E-state index is 11.2. The molecule has 0 aromatic carbocycles. The van der Waals surface area contributed by atoms with Crippen molar-refractivity contribution in [2.75, 3.05) is 6.61 Å². The summed E-state index contributed by atoms with van der Waals surface area (Å²) in [7, 11) is 0. The van der Waals surface area contributed by atoms with E-state index >= 15 is 0 Å². The molecule has 3 nitrogen and oxygen atoms in total. The lowest BCUT2D eigenvalue weighted by Gasteiger charge is -2.13. The molecule has 2 N–H and O–H groups in total. The van der Waals surface area contributed by atoms with E-state index in [1.54, 1.807) is 6.92 Å². The van der Waals surface area contributed by atoms with Crippen LogP contribution in [0.25, 0.3) is 0 Å². The lowest BCUT2D eigenvalue weighted by atomic mass is 10.0. The molecule has 11 heavy (non-hydrogen) atoms. The zero-order valence-corrected chi connectivity index (χ0v) is 6.67. The maximum Gasteiger partial charge on any atom is 0.178 e. The van der Waals surface area contributed by atoms with Gasteiger partial charge in [-0.1, -0.05) is 0 Å². The number of nitrogens with two attached hydrogens (primary N) is 1. The Balaban J connectivity index is 2.58. The van der Waals surface area contributed by atoms with Gasteiger partial charge in [0.15, 0.2) is 5.78 Å². The molecule has 0 fully saturated rings. The van der Waals surface area contributed by atoms with Gasteiger partial charge in [0.2, 0.25) is 0 Å². The Labute approximate surface area is 66.2 Å². The van der Waals surface area contributed by atoms with Crippen molar-refractivity contribution in [2.24, 2.45) is 5.73 Å². The molecule has 0 amide bonds. The SMILES string of the molecule is CC(N)C(=O)C1=COCCC1. The molecule has 0 bridgehead atoms. The van der Waals surface area contributed by atoms with Gasteiger partial charge in [0, 0.05) is 5.57 Å². The van der Waals surface area contributed by atoms with Crippen LogP contribution in [0, 0.1) is 0 Å². The van der Waals surface area contributed by atoms with E-state index in [0.717, 1.165) is 25.0 Å². The highest BCUT2D eigenvalue weighted by Gasteiger charge is 2.16. The molecular weight excluding hydrogens is 142 g/mol. The van der Waals surface area contributed by atoms with Crippen molar-refractivity contribution in [2.45, 2.75) is 25.8 Å². The van der Waals surface area contributed by atoms with Crippen LogP contribution in [-0.2, 0) is 9.53 Å². The van der Waals surface area contributed by atoms with Gasteiger partial charge in [-0.05, 0) is 19.8 Å². The first kappa shape index (κ1) is 8.27. The molecule has 62 valence electrons. The molecule has 3 heteroatoms. The predicted octanol–water partition coefficient (Wildman–Crippen LogP) is 0.597. The molecule has 0 aromatic heterocycles. The highest BCUT2D eigenvalue weighted by Crippen LogP contribution is 2.13. The molecule has 1 aliphatic rings. The lowest BCUT2D eigenvalue weighted by Crippen LogP contribution is -2.29. The Kier molecular flexibility index (Phi) is 2.65. The van der Waals surface area contributed by atoms with Gasteiger partial charge >= 0.3 is 0 Å². The summed E-state index contributed by atoms with van der Waals surface area (Å²) < 4.78 is 5.01. The van der Waals surface area contributed by atoms with Crippen molar-refractivity contribution in [3.63, 3.8) is 0 Å². The highest BCUT2D eigenvalue weighted by atomic mass is 16.5. The number of Topliss-reactive ketones (excluding diaryl/α,β-unsaturated/α-hetero) is 1. The van der Waals surface area contributed by atoms with Crippen molar-refractivity contribution in [1.82, 2.24) is 0 Å². The van der Waals surface area contributed by atoms with E-state index in [1.807, 2.05) is 0 Å². The number of hydrogen-bond acceptors (Lipinski definition) is 3. The fourth-order valence-corrected chi connectivity index (χ4v) is 1.04. The first-order chi connectivity index (χ1) is 5.22. The summed E-state index contributed by atoms with van der Waals surface area (Å²) in [4.78, 5) is 11.2. The second-order valence-corrected chi connectivity index (χ2v) is 2.77. The van der Waals surface area contributed by atoms with E-state index in [9.17, 15) is 4.79 Å². The molecular formula is C8H13NO2. The van der Waals surface area contributed by atoms with Crippen LogP contribution < -0.4 is 5.73 Å². The minimum atomic E-state index is -0.400. The van der Waals surface area contributed by atoms with E-state index in [-0.39, 0.29) is 5.78 Å². The third kappa shape index (κ3) is 2.05. The van der Waals surface area contributed by atoms with Crippen LogP contribution in [0.3, 0.4) is 0 Å². The smallest absolute Gasteiger partial charge is 0.178 e. The van der Waals surface area contributed by atoms with Crippen LogP contribution in [0.4, 0.5) is 0 Å². The van der Waals surface area contributed by atoms with Crippen LogP contribution in [-0.4, -0.2) is 18.4 Å². The first-order valence-corrected chi connectivity index (χ1v) is 3.82. The average molecular weight is 155 g/mol. The monoisotopic (exact) mass is 155 g/mol. The Morgan fingerprint density at radius 3 is 3.00 bits per heavy atom. The average Bonchev–Trinajstić information content (AvgIpc) is 2.05. The van der Waals surface area contributed by atoms with E-state index in [4.69, 9.17) is 10.5 Å². The Hall–Kier alpha value is -0.830. The van der Waals surface area contributed by atoms with Gasteiger partial charge in [-0.15, -0.1) is 0 Å². The predicted molar refractivity (Wildman–Crippen MR) is 41.9 cm³/mol. The topological polar surface area (TPSA) is 52.3 Å². The van der Waals surface area contributed by atoms with Crippen molar-refractivity contribution in [3.05, 3.63) is 11.8 Å². The van der Waals surface area contributed by atoms with Gasteiger partial charge in [0.05, 0.1) is 18.9 Å². The van der Waals surface area contributed by atoms with Crippen LogP contribution in [0.1, 0.15) is 19.8 Å². The number of carbonyl (C=O) groups is 1. The summed E-state index contributed by atoms with van der Waals surface area (Å²) in [5.74, 6) is 0.00435. The Morgan fingerprint density at radius 2 is 2.55 bits per heavy atom. The van der Waals surface area contributed by atoms with E-state index in [1.165, 1.54) is 6.26 Å². The van der Waals surface area contributed by atoms with Crippen molar-refractivity contribution >= 4 is 5.78 Å². The fourth-order valence-electron chi connectivity index (χ4n) is 1.04. The molecule has 0 saturated carbocycles. The minimum absolute atomic E-state index is 0.00435. The number of rotatable bonds is 2. The molecule has 0 aliphatic carbocycles. The Morgan fingerprint density at radius 1 is 1.82 bits per heavy atom. The summed E-state index contributed by atoms with van der Waals surface area (Å²) in [6.07, 6.45) is 3.26. The molecule has 0 spiro atoms.